The minimum atomic E-state index is -1.97. The van der Waals surface area contributed by atoms with Crippen molar-refractivity contribution >= 4 is 5.91 Å². The van der Waals surface area contributed by atoms with Crippen molar-refractivity contribution < 1.29 is 89.4 Å². The molecule has 12 N–H and O–H groups in total. The largest absolute Gasteiger partial charge is 0.394 e. The highest BCUT2D eigenvalue weighted by atomic mass is 16.8. The Hall–Kier alpha value is -1.47. The van der Waals surface area contributed by atoms with Crippen molar-refractivity contribution in [3.63, 3.8) is 0 Å². The van der Waals surface area contributed by atoms with Gasteiger partial charge in [0.25, 0.3) is 0 Å². The van der Waals surface area contributed by atoms with Gasteiger partial charge in [0.1, 0.15) is 73.2 Å². The minimum absolute atomic E-state index is 0.247. The number of carbonyl (C=O) groups is 1. The van der Waals surface area contributed by atoms with Gasteiger partial charge < -0.3 is 89.9 Å². The van der Waals surface area contributed by atoms with Crippen molar-refractivity contribution in [1.82, 2.24) is 5.32 Å². The molecule has 79 heavy (non-hydrogen) atoms. The Morgan fingerprint density at radius 1 is 0.443 bits per heavy atom. The Morgan fingerprint density at radius 2 is 0.785 bits per heavy atom. The van der Waals surface area contributed by atoms with Crippen LogP contribution in [0.5, 0.6) is 0 Å². The molecule has 17 atom stereocenters. The molecule has 3 fully saturated rings. The number of aliphatic hydroxyl groups is 11. The summed E-state index contributed by atoms with van der Waals surface area (Å²) >= 11 is 0. The van der Waals surface area contributed by atoms with Crippen LogP contribution in [0.15, 0.2) is 12.2 Å². The third-order valence-corrected chi connectivity index (χ3v) is 16.1. The Kier molecular flexibility index (Phi) is 40.1. The lowest BCUT2D eigenvalue weighted by molar-refractivity contribution is -0.379. The SMILES string of the molecule is CCCCCCCCCCCCCCCCCCCCCCCC/C=C/C(O)C(COC1OC(CO)C(OC2OC(CO)C(OC3OC(CO)C(O)C(O)C3O)C(O)C2O)C(O)C1O)NC(=O)CCCCCCCCCCCC. The first-order valence-corrected chi connectivity index (χ1v) is 31.4. The second-order valence-corrected chi connectivity index (χ2v) is 22.9. The van der Waals surface area contributed by atoms with E-state index in [1.165, 1.54) is 161 Å². The number of carbonyl (C=O) groups excluding carboxylic acids is 1. The van der Waals surface area contributed by atoms with Crippen molar-refractivity contribution in [3.8, 4) is 0 Å². The Bertz CT molecular complexity index is 1500. The average Bonchev–Trinajstić information content (AvgIpc) is 3.56. The number of aliphatic hydroxyl groups excluding tert-OH is 11. The van der Waals surface area contributed by atoms with Crippen LogP contribution in [0.4, 0.5) is 0 Å². The smallest absolute Gasteiger partial charge is 0.220 e. The zero-order chi connectivity index (χ0) is 57.6. The van der Waals surface area contributed by atoms with Gasteiger partial charge in [0.15, 0.2) is 18.9 Å². The van der Waals surface area contributed by atoms with E-state index in [1.807, 2.05) is 6.08 Å². The van der Waals surface area contributed by atoms with Gasteiger partial charge in [0.05, 0.1) is 38.6 Å². The number of unbranched alkanes of at least 4 members (excludes halogenated alkanes) is 31. The van der Waals surface area contributed by atoms with Gasteiger partial charge in [-0.1, -0.05) is 219 Å². The van der Waals surface area contributed by atoms with Gasteiger partial charge in [-0.25, -0.2) is 0 Å². The number of rotatable bonds is 47. The number of amides is 1. The number of hydrogen-bond acceptors (Lipinski definition) is 18. The van der Waals surface area contributed by atoms with E-state index in [2.05, 4.69) is 19.2 Å². The van der Waals surface area contributed by atoms with Gasteiger partial charge in [-0.2, -0.15) is 0 Å². The summed E-state index contributed by atoms with van der Waals surface area (Å²) in [5, 5.41) is 120. The van der Waals surface area contributed by atoms with Crippen LogP contribution in [0.3, 0.4) is 0 Å². The Labute approximate surface area is 474 Å². The first-order chi connectivity index (χ1) is 38.3. The van der Waals surface area contributed by atoms with E-state index in [0.29, 0.717) is 6.42 Å². The molecule has 3 heterocycles. The summed E-state index contributed by atoms with van der Waals surface area (Å²) in [6, 6.07) is -0.966. The quantitative estimate of drug-likeness (QED) is 0.0240. The molecule has 0 saturated carbocycles. The summed E-state index contributed by atoms with van der Waals surface area (Å²) in [4.78, 5) is 13.3. The van der Waals surface area contributed by atoms with E-state index >= 15 is 0 Å². The number of nitrogens with one attached hydrogen (secondary N) is 1. The summed E-state index contributed by atoms with van der Waals surface area (Å²) in [6.45, 7) is 1.72. The van der Waals surface area contributed by atoms with Crippen molar-refractivity contribution in [3.05, 3.63) is 12.2 Å². The highest BCUT2D eigenvalue weighted by Gasteiger charge is 2.53. The lowest BCUT2D eigenvalue weighted by Crippen LogP contribution is -2.66. The monoisotopic (exact) mass is 1140 g/mol. The maximum atomic E-state index is 13.3. The minimum Gasteiger partial charge on any atom is -0.394 e. The van der Waals surface area contributed by atoms with E-state index in [1.54, 1.807) is 6.08 Å². The highest BCUT2D eigenvalue weighted by Crippen LogP contribution is 2.33. The number of ether oxygens (including phenoxy) is 6. The molecule has 3 aliphatic rings. The van der Waals surface area contributed by atoms with Crippen LogP contribution < -0.4 is 5.32 Å². The lowest BCUT2D eigenvalue weighted by atomic mass is 9.96. The maximum Gasteiger partial charge on any atom is 0.220 e. The fraction of sp³-hybridized carbons (Fsp3) is 0.950. The standard InChI is InChI=1S/C60H113NO18/c1-3-5-7-9-11-13-15-16-17-18-19-20-21-22-23-24-25-26-27-28-29-31-33-35-37-44(65)43(61-48(66)38-36-34-32-30-14-12-10-8-6-4-2)42-74-58-54(72)51(69)56(46(40-63)76-58)79-60-55(73)52(70)57(47(41-64)77-60)78-59-53(71)50(68)49(67)45(39-62)75-59/h35,37,43-47,49-60,62-65,67-73H,3-34,36,38-42H2,1-2H3,(H,61,66)/b37-35+. The molecule has 0 aliphatic carbocycles. The third-order valence-electron chi connectivity index (χ3n) is 16.1. The molecule has 19 nitrogen and oxygen atoms in total. The molecule has 19 heteroatoms. The second kappa shape index (κ2) is 44.1. The molecule has 1 amide bonds. The predicted molar refractivity (Wildman–Crippen MR) is 300 cm³/mol. The summed E-state index contributed by atoms with van der Waals surface area (Å²) in [6.07, 6.45) is 17.8. The lowest BCUT2D eigenvalue weighted by Gasteiger charge is -2.48. The molecule has 466 valence electrons. The summed E-state index contributed by atoms with van der Waals surface area (Å²) in [7, 11) is 0. The molecular formula is C60H113NO18. The molecule has 0 aromatic carbocycles. The second-order valence-electron chi connectivity index (χ2n) is 22.9. The van der Waals surface area contributed by atoms with Crippen LogP contribution in [0.25, 0.3) is 0 Å². The van der Waals surface area contributed by atoms with Gasteiger partial charge in [0, 0.05) is 6.42 Å². The fourth-order valence-corrected chi connectivity index (χ4v) is 10.9. The van der Waals surface area contributed by atoms with Crippen LogP contribution in [0.1, 0.15) is 232 Å². The molecule has 17 unspecified atom stereocenters. The van der Waals surface area contributed by atoms with Gasteiger partial charge in [-0.05, 0) is 19.3 Å². The molecule has 0 radical (unpaired) electrons. The van der Waals surface area contributed by atoms with Crippen LogP contribution in [0, 0.1) is 0 Å². The predicted octanol–water partition coefficient (Wildman–Crippen LogP) is 6.16. The first-order valence-electron chi connectivity index (χ1n) is 31.4. The normalized spacial score (nSPS) is 30.3. The zero-order valence-corrected chi connectivity index (χ0v) is 48.6. The molecule has 0 aromatic heterocycles. The maximum absolute atomic E-state index is 13.3. The number of allylic oxidation sites excluding steroid dienone is 1. The molecule has 0 spiro atoms. The van der Waals surface area contributed by atoms with Crippen LogP contribution >= 0.6 is 0 Å². The van der Waals surface area contributed by atoms with E-state index in [0.717, 1.165) is 44.9 Å². The van der Waals surface area contributed by atoms with Crippen LogP contribution in [-0.2, 0) is 33.2 Å². The van der Waals surface area contributed by atoms with Crippen molar-refractivity contribution in [1.29, 1.82) is 0 Å². The van der Waals surface area contributed by atoms with E-state index in [9.17, 15) is 61.0 Å². The first kappa shape index (κ1) is 71.8. The molecule has 3 aliphatic heterocycles. The zero-order valence-electron chi connectivity index (χ0n) is 48.6. The molecule has 0 bridgehead atoms. The van der Waals surface area contributed by atoms with Crippen LogP contribution in [-0.4, -0.2) is 193 Å². The van der Waals surface area contributed by atoms with E-state index in [-0.39, 0.29) is 18.9 Å². The van der Waals surface area contributed by atoms with Gasteiger partial charge >= 0.3 is 0 Å². The molecule has 3 rings (SSSR count). The Balaban J connectivity index is 1.45. The van der Waals surface area contributed by atoms with Crippen LogP contribution in [0.2, 0.25) is 0 Å². The summed E-state index contributed by atoms with van der Waals surface area (Å²) < 4.78 is 34.2. The molecular weight excluding hydrogens is 1020 g/mol. The summed E-state index contributed by atoms with van der Waals surface area (Å²) in [5.74, 6) is -0.276. The average molecular weight is 1140 g/mol. The van der Waals surface area contributed by atoms with Crippen molar-refractivity contribution in [2.45, 2.75) is 336 Å². The van der Waals surface area contributed by atoms with Gasteiger partial charge in [-0.15, -0.1) is 0 Å². The fourth-order valence-electron chi connectivity index (χ4n) is 10.9. The summed E-state index contributed by atoms with van der Waals surface area (Å²) in [5.41, 5.74) is 0. The highest BCUT2D eigenvalue weighted by molar-refractivity contribution is 5.76. The molecule has 0 aromatic rings. The Morgan fingerprint density at radius 3 is 1.19 bits per heavy atom. The van der Waals surface area contributed by atoms with E-state index in [4.69, 9.17) is 28.4 Å². The topological polar surface area (TPSA) is 307 Å². The van der Waals surface area contributed by atoms with Crippen molar-refractivity contribution in [2.24, 2.45) is 0 Å². The van der Waals surface area contributed by atoms with Gasteiger partial charge in [0.2, 0.25) is 5.91 Å². The van der Waals surface area contributed by atoms with Crippen molar-refractivity contribution in [2.75, 3.05) is 26.4 Å². The van der Waals surface area contributed by atoms with Gasteiger partial charge in [-0.3, -0.25) is 4.79 Å². The number of hydrogen-bond donors (Lipinski definition) is 12. The third kappa shape index (κ3) is 27.9. The molecule has 3 saturated heterocycles. The van der Waals surface area contributed by atoms with E-state index < -0.39 is 124 Å².